The molecule has 0 saturated carbocycles. The second kappa shape index (κ2) is 9.74. The highest BCUT2D eigenvalue weighted by Crippen LogP contribution is 2.30. The normalized spacial score (nSPS) is 12.7. The molecule has 2 aromatic carbocycles. The summed E-state index contributed by atoms with van der Waals surface area (Å²) in [4.78, 5) is 0. The minimum atomic E-state index is 0.160. The van der Waals surface area contributed by atoms with Gasteiger partial charge in [-0.25, -0.2) is 0 Å². The molecule has 0 unspecified atom stereocenters. The van der Waals surface area contributed by atoms with E-state index in [1.165, 1.54) is 44.5 Å². The van der Waals surface area contributed by atoms with E-state index in [0.29, 0.717) is 0 Å². The van der Waals surface area contributed by atoms with Crippen LogP contribution < -0.4 is 0 Å². The maximum absolute atomic E-state index is 4.00. The third kappa shape index (κ3) is 5.70. The molecule has 0 radical (unpaired) electrons. The Balaban J connectivity index is 2.31. The molecule has 0 aliphatic carbocycles. The van der Waals surface area contributed by atoms with E-state index in [-0.39, 0.29) is 5.41 Å². The van der Waals surface area contributed by atoms with E-state index < -0.39 is 0 Å². The fraction of sp³-hybridized carbons (Fsp3) is 0.310. The third-order valence-corrected chi connectivity index (χ3v) is 5.40. The molecule has 29 heavy (non-hydrogen) atoms. The minimum Gasteiger partial charge on any atom is -0.0985 e. The van der Waals surface area contributed by atoms with Gasteiger partial charge in [0.05, 0.1) is 0 Å². The Hall–Kier alpha value is -2.60. The number of benzene rings is 2. The number of hydrogen-bond donors (Lipinski definition) is 0. The highest BCUT2D eigenvalue weighted by molar-refractivity contribution is 5.65. The van der Waals surface area contributed by atoms with Crippen LogP contribution in [0.3, 0.4) is 0 Å². The van der Waals surface area contributed by atoms with Gasteiger partial charge in [0.15, 0.2) is 0 Å². The first-order valence-electron chi connectivity index (χ1n) is 10.5. The van der Waals surface area contributed by atoms with Gasteiger partial charge in [-0.1, -0.05) is 99.7 Å². The van der Waals surface area contributed by atoms with Crippen molar-refractivity contribution in [2.24, 2.45) is 0 Å². The van der Waals surface area contributed by atoms with E-state index in [1.54, 1.807) is 0 Å². The zero-order chi connectivity index (χ0) is 21.6. The first kappa shape index (κ1) is 22.7. The fourth-order valence-corrected chi connectivity index (χ4v) is 3.69. The predicted molar refractivity (Wildman–Crippen MR) is 130 cm³/mol. The minimum absolute atomic E-state index is 0.160. The van der Waals surface area contributed by atoms with Crippen LogP contribution in [0.15, 0.2) is 95.6 Å². The summed E-state index contributed by atoms with van der Waals surface area (Å²) >= 11 is 0. The van der Waals surface area contributed by atoms with Crippen LogP contribution in [0.5, 0.6) is 0 Å². The molecule has 2 rings (SSSR count). The molecular weight excluding hydrogens is 348 g/mol. The Bertz CT molecular complexity index is 934. The molecule has 0 bridgehead atoms. The summed E-state index contributed by atoms with van der Waals surface area (Å²) < 4.78 is 0. The van der Waals surface area contributed by atoms with E-state index in [4.69, 9.17) is 0 Å². The van der Waals surface area contributed by atoms with Gasteiger partial charge in [0, 0.05) is 0 Å². The van der Waals surface area contributed by atoms with Crippen molar-refractivity contribution in [3.8, 4) is 11.1 Å². The summed E-state index contributed by atoms with van der Waals surface area (Å²) in [6.07, 6.45) is 7.25. The molecule has 0 amide bonds. The van der Waals surface area contributed by atoms with Crippen molar-refractivity contribution in [3.05, 3.63) is 107 Å². The van der Waals surface area contributed by atoms with Crippen molar-refractivity contribution in [1.82, 2.24) is 0 Å². The molecule has 2 aromatic rings. The second-order valence-electron chi connectivity index (χ2n) is 8.84. The molecule has 0 aromatic heterocycles. The van der Waals surface area contributed by atoms with E-state index >= 15 is 0 Å². The van der Waals surface area contributed by atoms with E-state index in [0.717, 1.165) is 6.42 Å². The Labute approximate surface area is 178 Å². The van der Waals surface area contributed by atoms with Crippen molar-refractivity contribution in [2.75, 3.05) is 0 Å². The lowest BCUT2D eigenvalue weighted by molar-refractivity contribution is 0.590. The van der Waals surface area contributed by atoms with E-state index in [9.17, 15) is 0 Å². The highest BCUT2D eigenvalue weighted by Gasteiger charge is 2.14. The fourth-order valence-electron chi connectivity index (χ4n) is 3.69. The van der Waals surface area contributed by atoms with Gasteiger partial charge in [0.1, 0.15) is 0 Å². The van der Waals surface area contributed by atoms with Crippen LogP contribution in [-0.2, 0) is 11.8 Å². The first-order chi connectivity index (χ1) is 13.7. The predicted octanol–water partition coefficient (Wildman–Crippen LogP) is 8.61. The average Bonchev–Trinajstić information content (AvgIpc) is 2.70. The summed E-state index contributed by atoms with van der Waals surface area (Å²) in [5, 5.41) is 0. The van der Waals surface area contributed by atoms with Crippen LogP contribution in [-0.4, -0.2) is 0 Å². The molecule has 0 aliphatic rings. The molecule has 0 atom stereocenters. The molecule has 0 nitrogen and oxygen atoms in total. The topological polar surface area (TPSA) is 0 Å². The Morgan fingerprint density at radius 1 is 0.897 bits per heavy atom. The lowest BCUT2D eigenvalue weighted by atomic mass is 9.85. The molecule has 0 spiro atoms. The smallest absolute Gasteiger partial charge is 0.00229 e. The molecule has 152 valence electrons. The van der Waals surface area contributed by atoms with Crippen molar-refractivity contribution in [2.45, 2.75) is 60.3 Å². The molecule has 0 N–H and O–H groups in total. The average molecular weight is 385 g/mol. The SMILES string of the molecule is C=CC(=CC)C(C(=CC)Cc1ccc(-c2cccc(C(C)(C)C)c2)cc1)=C(C)C. The Morgan fingerprint density at radius 2 is 1.55 bits per heavy atom. The quantitative estimate of drug-likeness (QED) is 0.437. The van der Waals surface area contributed by atoms with Crippen LogP contribution in [0.4, 0.5) is 0 Å². The lowest BCUT2D eigenvalue weighted by Gasteiger charge is -2.20. The van der Waals surface area contributed by atoms with Crippen LogP contribution >= 0.6 is 0 Å². The molecule has 0 aliphatic heterocycles. The number of hydrogen-bond acceptors (Lipinski definition) is 0. The van der Waals surface area contributed by atoms with Gasteiger partial charge in [-0.05, 0) is 78.5 Å². The maximum atomic E-state index is 4.00. The van der Waals surface area contributed by atoms with Crippen LogP contribution in [0.1, 0.15) is 59.6 Å². The Morgan fingerprint density at radius 3 is 2.03 bits per heavy atom. The lowest BCUT2D eigenvalue weighted by Crippen LogP contribution is -2.10. The van der Waals surface area contributed by atoms with Crippen molar-refractivity contribution >= 4 is 0 Å². The van der Waals surface area contributed by atoms with E-state index in [2.05, 4.69) is 116 Å². The third-order valence-electron chi connectivity index (χ3n) is 5.40. The van der Waals surface area contributed by atoms with Crippen molar-refractivity contribution in [1.29, 1.82) is 0 Å². The van der Waals surface area contributed by atoms with Gasteiger partial charge < -0.3 is 0 Å². The van der Waals surface area contributed by atoms with Crippen LogP contribution in [0, 0.1) is 0 Å². The first-order valence-corrected chi connectivity index (χ1v) is 10.5. The zero-order valence-corrected chi connectivity index (χ0v) is 19.3. The summed E-state index contributed by atoms with van der Waals surface area (Å²) in [6, 6.07) is 17.9. The van der Waals surface area contributed by atoms with E-state index in [1.807, 2.05) is 6.08 Å². The van der Waals surface area contributed by atoms with Gasteiger partial charge in [-0.2, -0.15) is 0 Å². The maximum Gasteiger partial charge on any atom is -0.00229 e. The summed E-state index contributed by atoms with van der Waals surface area (Å²) in [5.41, 5.74) is 10.6. The van der Waals surface area contributed by atoms with Gasteiger partial charge >= 0.3 is 0 Å². The van der Waals surface area contributed by atoms with Crippen molar-refractivity contribution < 1.29 is 0 Å². The van der Waals surface area contributed by atoms with Crippen molar-refractivity contribution in [3.63, 3.8) is 0 Å². The monoisotopic (exact) mass is 384 g/mol. The van der Waals surface area contributed by atoms with Crippen LogP contribution in [0.25, 0.3) is 11.1 Å². The number of rotatable bonds is 6. The molecule has 0 fully saturated rings. The van der Waals surface area contributed by atoms with Crippen LogP contribution in [0.2, 0.25) is 0 Å². The molecule has 0 heteroatoms. The highest BCUT2D eigenvalue weighted by atomic mass is 14.2. The largest absolute Gasteiger partial charge is 0.0985 e. The summed E-state index contributed by atoms with van der Waals surface area (Å²) in [5.74, 6) is 0. The standard InChI is InChI=1S/C29H36/c1-9-23(10-2)28(21(4)5)24(11-3)19-22-15-17-25(18-16-22)26-13-12-14-27(20-26)29(6,7)8/h9-18,20H,1,19H2,2-8H3. The van der Waals surface area contributed by atoms with Gasteiger partial charge in [0.2, 0.25) is 0 Å². The molecule has 0 heterocycles. The second-order valence-corrected chi connectivity index (χ2v) is 8.84. The summed E-state index contributed by atoms with van der Waals surface area (Å²) in [7, 11) is 0. The zero-order valence-electron chi connectivity index (χ0n) is 19.3. The Kier molecular flexibility index (Phi) is 7.62. The van der Waals surface area contributed by atoms with Gasteiger partial charge in [-0.15, -0.1) is 0 Å². The van der Waals surface area contributed by atoms with Gasteiger partial charge in [-0.3, -0.25) is 0 Å². The molecule has 0 saturated heterocycles. The van der Waals surface area contributed by atoms with Gasteiger partial charge in [0.25, 0.3) is 0 Å². The number of allylic oxidation sites excluding steroid dienone is 7. The molecular formula is C29H36. The summed E-state index contributed by atoms with van der Waals surface area (Å²) in [6.45, 7) is 19.3.